The van der Waals surface area contributed by atoms with E-state index in [0.29, 0.717) is 18.1 Å². The molecule has 3 N–H and O–H groups in total. The van der Waals surface area contributed by atoms with Crippen molar-refractivity contribution in [3.05, 3.63) is 0 Å². The van der Waals surface area contributed by atoms with Gasteiger partial charge in [-0.1, -0.05) is 26.2 Å². The highest BCUT2D eigenvalue weighted by atomic mass is 16.5. The zero-order chi connectivity index (χ0) is 10.4. The van der Waals surface area contributed by atoms with Crippen molar-refractivity contribution in [2.45, 2.75) is 57.6 Å². The lowest BCUT2D eigenvalue weighted by Gasteiger charge is -2.34. The van der Waals surface area contributed by atoms with Crippen LogP contribution in [0.15, 0.2) is 0 Å². The average molecular weight is 200 g/mol. The van der Waals surface area contributed by atoms with Crippen LogP contribution in [0.4, 0.5) is 0 Å². The fourth-order valence-corrected chi connectivity index (χ4v) is 2.59. The molecule has 0 heterocycles. The van der Waals surface area contributed by atoms with Crippen LogP contribution in [0.5, 0.6) is 0 Å². The maximum absolute atomic E-state index is 5.59. The van der Waals surface area contributed by atoms with E-state index in [9.17, 15) is 0 Å². The number of nitrogens with one attached hydrogen (secondary N) is 1. The standard InChI is InChI=1S/C11H24N2O/c1-3-10(13-12)11(14-2)9-7-5-4-6-8-9/h9-11,13H,3-8,12H2,1-2H3. The predicted molar refractivity (Wildman–Crippen MR) is 58.8 cm³/mol. The van der Waals surface area contributed by atoms with Crippen LogP contribution in [-0.2, 0) is 4.74 Å². The number of hydrazine groups is 1. The van der Waals surface area contributed by atoms with Crippen LogP contribution in [-0.4, -0.2) is 19.3 Å². The van der Waals surface area contributed by atoms with Gasteiger partial charge in [-0.05, 0) is 25.2 Å². The molecule has 0 aromatic rings. The molecular weight excluding hydrogens is 176 g/mol. The fraction of sp³-hybridized carbons (Fsp3) is 1.00. The molecule has 3 heteroatoms. The Hall–Kier alpha value is -0.120. The van der Waals surface area contributed by atoms with E-state index in [1.807, 2.05) is 0 Å². The first kappa shape index (κ1) is 12.0. The van der Waals surface area contributed by atoms with Crippen LogP contribution in [0.2, 0.25) is 0 Å². The predicted octanol–water partition coefficient (Wildman–Crippen LogP) is 1.82. The Morgan fingerprint density at radius 1 is 1.36 bits per heavy atom. The molecule has 1 aliphatic carbocycles. The molecule has 0 spiro atoms. The third-order valence-corrected chi connectivity index (χ3v) is 3.44. The van der Waals surface area contributed by atoms with Crippen molar-refractivity contribution < 1.29 is 4.74 Å². The summed E-state index contributed by atoms with van der Waals surface area (Å²) in [4.78, 5) is 0. The summed E-state index contributed by atoms with van der Waals surface area (Å²) in [5.74, 6) is 6.24. The minimum absolute atomic E-state index is 0.297. The molecule has 0 saturated heterocycles. The molecule has 0 bridgehead atoms. The largest absolute Gasteiger partial charge is 0.379 e. The molecule has 1 rings (SSSR count). The number of hydrogen-bond acceptors (Lipinski definition) is 3. The second kappa shape index (κ2) is 6.38. The topological polar surface area (TPSA) is 47.3 Å². The van der Waals surface area contributed by atoms with E-state index in [2.05, 4.69) is 12.3 Å². The molecule has 1 fully saturated rings. The van der Waals surface area contributed by atoms with Crippen molar-refractivity contribution >= 4 is 0 Å². The van der Waals surface area contributed by atoms with Gasteiger partial charge in [-0.2, -0.15) is 0 Å². The lowest BCUT2D eigenvalue weighted by atomic mass is 9.82. The summed E-state index contributed by atoms with van der Waals surface area (Å²) in [6, 6.07) is 0.308. The van der Waals surface area contributed by atoms with Gasteiger partial charge in [0.1, 0.15) is 0 Å². The molecule has 0 aromatic heterocycles. The van der Waals surface area contributed by atoms with Crippen LogP contribution in [0.3, 0.4) is 0 Å². The Kier molecular flexibility index (Phi) is 5.45. The van der Waals surface area contributed by atoms with Crippen LogP contribution in [0.25, 0.3) is 0 Å². The van der Waals surface area contributed by atoms with Gasteiger partial charge in [-0.25, -0.2) is 0 Å². The summed E-state index contributed by atoms with van der Waals surface area (Å²) in [6.45, 7) is 2.15. The SMILES string of the molecule is CCC(NN)C(OC)C1CCCCC1. The third-order valence-electron chi connectivity index (χ3n) is 3.44. The van der Waals surface area contributed by atoms with Gasteiger partial charge in [0, 0.05) is 13.2 Å². The zero-order valence-electron chi connectivity index (χ0n) is 9.46. The van der Waals surface area contributed by atoms with E-state index >= 15 is 0 Å². The van der Waals surface area contributed by atoms with Crippen molar-refractivity contribution in [3.8, 4) is 0 Å². The van der Waals surface area contributed by atoms with Gasteiger partial charge < -0.3 is 4.74 Å². The molecule has 1 saturated carbocycles. The number of ether oxygens (including phenoxy) is 1. The maximum Gasteiger partial charge on any atom is 0.0765 e. The Labute approximate surface area is 87.4 Å². The van der Waals surface area contributed by atoms with E-state index in [0.717, 1.165) is 6.42 Å². The molecule has 2 unspecified atom stereocenters. The lowest BCUT2D eigenvalue weighted by molar-refractivity contribution is 0.00728. The normalized spacial score (nSPS) is 23.4. The summed E-state index contributed by atoms with van der Waals surface area (Å²) >= 11 is 0. The monoisotopic (exact) mass is 200 g/mol. The lowest BCUT2D eigenvalue weighted by Crippen LogP contribution is -2.48. The Morgan fingerprint density at radius 2 is 2.00 bits per heavy atom. The number of methoxy groups -OCH3 is 1. The van der Waals surface area contributed by atoms with Crippen molar-refractivity contribution in [2.75, 3.05) is 7.11 Å². The van der Waals surface area contributed by atoms with E-state index in [1.165, 1.54) is 32.1 Å². The van der Waals surface area contributed by atoms with Crippen molar-refractivity contribution in [2.24, 2.45) is 11.8 Å². The average Bonchev–Trinajstić information content (AvgIpc) is 2.27. The molecule has 3 nitrogen and oxygen atoms in total. The minimum atomic E-state index is 0.297. The van der Waals surface area contributed by atoms with Gasteiger partial charge >= 0.3 is 0 Å². The Morgan fingerprint density at radius 3 is 2.43 bits per heavy atom. The second-order valence-corrected chi connectivity index (χ2v) is 4.28. The highest BCUT2D eigenvalue weighted by Gasteiger charge is 2.28. The first-order valence-electron chi connectivity index (χ1n) is 5.82. The van der Waals surface area contributed by atoms with Gasteiger partial charge in [-0.15, -0.1) is 0 Å². The summed E-state index contributed by atoms with van der Waals surface area (Å²) in [6.07, 6.45) is 8.03. The molecule has 0 amide bonds. The number of nitrogens with two attached hydrogens (primary N) is 1. The number of hydrogen-bond donors (Lipinski definition) is 2. The summed E-state index contributed by atoms with van der Waals surface area (Å²) in [5, 5.41) is 0. The highest BCUT2D eigenvalue weighted by Crippen LogP contribution is 2.29. The fourth-order valence-electron chi connectivity index (χ4n) is 2.59. The van der Waals surface area contributed by atoms with E-state index in [1.54, 1.807) is 7.11 Å². The highest BCUT2D eigenvalue weighted by molar-refractivity contribution is 4.82. The zero-order valence-corrected chi connectivity index (χ0v) is 9.46. The van der Waals surface area contributed by atoms with Gasteiger partial charge in [-0.3, -0.25) is 11.3 Å². The van der Waals surface area contributed by atoms with E-state index in [-0.39, 0.29) is 0 Å². The van der Waals surface area contributed by atoms with Crippen LogP contribution in [0.1, 0.15) is 45.4 Å². The molecule has 2 atom stereocenters. The third kappa shape index (κ3) is 2.94. The van der Waals surface area contributed by atoms with Crippen LogP contribution in [0, 0.1) is 5.92 Å². The van der Waals surface area contributed by atoms with E-state index in [4.69, 9.17) is 10.6 Å². The molecule has 0 radical (unpaired) electrons. The first-order chi connectivity index (χ1) is 6.83. The molecular formula is C11H24N2O. The smallest absolute Gasteiger partial charge is 0.0765 e. The van der Waals surface area contributed by atoms with Gasteiger partial charge in [0.05, 0.1) is 6.10 Å². The van der Waals surface area contributed by atoms with Crippen LogP contribution >= 0.6 is 0 Å². The van der Waals surface area contributed by atoms with Crippen molar-refractivity contribution in [3.63, 3.8) is 0 Å². The summed E-state index contributed by atoms with van der Waals surface area (Å²) in [5.41, 5.74) is 2.88. The molecule has 84 valence electrons. The minimum Gasteiger partial charge on any atom is -0.379 e. The van der Waals surface area contributed by atoms with Crippen LogP contribution < -0.4 is 11.3 Å². The maximum atomic E-state index is 5.59. The Bertz CT molecular complexity index is 142. The van der Waals surface area contributed by atoms with E-state index < -0.39 is 0 Å². The van der Waals surface area contributed by atoms with Gasteiger partial charge in [0.2, 0.25) is 0 Å². The summed E-state index contributed by atoms with van der Waals surface area (Å²) < 4.78 is 5.59. The number of rotatable bonds is 5. The molecule has 1 aliphatic rings. The van der Waals surface area contributed by atoms with Gasteiger partial charge in [0.25, 0.3) is 0 Å². The molecule has 0 aliphatic heterocycles. The second-order valence-electron chi connectivity index (χ2n) is 4.28. The van der Waals surface area contributed by atoms with Crippen molar-refractivity contribution in [1.82, 2.24) is 5.43 Å². The molecule has 0 aromatic carbocycles. The first-order valence-corrected chi connectivity index (χ1v) is 5.82. The molecule has 14 heavy (non-hydrogen) atoms. The Balaban J connectivity index is 2.49. The van der Waals surface area contributed by atoms with Gasteiger partial charge in [0.15, 0.2) is 0 Å². The van der Waals surface area contributed by atoms with Crippen molar-refractivity contribution in [1.29, 1.82) is 0 Å². The quantitative estimate of drug-likeness (QED) is 0.526. The summed E-state index contributed by atoms with van der Waals surface area (Å²) in [7, 11) is 1.80.